The van der Waals surface area contributed by atoms with E-state index in [9.17, 15) is 4.79 Å². The van der Waals surface area contributed by atoms with E-state index >= 15 is 0 Å². The first-order chi connectivity index (χ1) is 11.7. The molecule has 0 bridgehead atoms. The molecule has 1 fully saturated rings. The third kappa shape index (κ3) is 4.42. The number of nitrogens with one attached hydrogen (secondary N) is 1. The lowest BCUT2D eigenvalue weighted by Gasteiger charge is -2.25. The second-order valence-electron chi connectivity index (χ2n) is 6.45. The Labute approximate surface area is 143 Å². The summed E-state index contributed by atoms with van der Waals surface area (Å²) in [5.41, 5.74) is 4.55. The van der Waals surface area contributed by atoms with E-state index in [1.54, 1.807) is 0 Å². The van der Waals surface area contributed by atoms with E-state index in [0.717, 1.165) is 30.9 Å². The number of amides is 1. The first-order valence-corrected chi connectivity index (χ1v) is 8.77. The predicted octanol–water partition coefficient (Wildman–Crippen LogP) is 3.56. The zero-order valence-electron chi connectivity index (χ0n) is 14.3. The maximum Gasteiger partial charge on any atom is 0.241 e. The molecule has 0 aliphatic carbocycles. The van der Waals surface area contributed by atoms with E-state index in [-0.39, 0.29) is 5.91 Å². The molecule has 1 aliphatic rings. The van der Waals surface area contributed by atoms with Crippen molar-refractivity contribution in [1.29, 1.82) is 0 Å². The molecule has 24 heavy (non-hydrogen) atoms. The summed E-state index contributed by atoms with van der Waals surface area (Å²) in [5, 5.41) is 6.65. The Morgan fingerprint density at radius 1 is 1.08 bits per heavy atom. The second kappa shape index (κ2) is 8.06. The Morgan fingerprint density at radius 3 is 2.62 bits per heavy atom. The van der Waals surface area contributed by atoms with Gasteiger partial charge < -0.3 is 4.90 Å². The van der Waals surface area contributed by atoms with Crippen molar-refractivity contribution in [2.75, 3.05) is 19.6 Å². The highest BCUT2D eigenvalue weighted by Gasteiger charge is 2.11. The van der Waals surface area contributed by atoms with Gasteiger partial charge in [-0.05, 0) is 55.3 Å². The monoisotopic (exact) mass is 323 g/mol. The van der Waals surface area contributed by atoms with Gasteiger partial charge in [0, 0.05) is 13.0 Å². The Morgan fingerprint density at radius 2 is 1.83 bits per heavy atom. The van der Waals surface area contributed by atoms with Gasteiger partial charge >= 0.3 is 0 Å². The molecule has 1 heterocycles. The van der Waals surface area contributed by atoms with Crippen LogP contribution in [0.4, 0.5) is 0 Å². The van der Waals surface area contributed by atoms with Crippen molar-refractivity contribution in [2.24, 2.45) is 5.10 Å². The van der Waals surface area contributed by atoms with Gasteiger partial charge in [-0.2, -0.15) is 5.10 Å². The molecule has 0 aromatic heterocycles. The van der Waals surface area contributed by atoms with Crippen molar-refractivity contribution in [3.63, 3.8) is 0 Å². The van der Waals surface area contributed by atoms with Crippen LogP contribution in [0.2, 0.25) is 0 Å². The number of fused-ring (bicyclic) bond motifs is 1. The van der Waals surface area contributed by atoms with Gasteiger partial charge in [0.05, 0.1) is 5.71 Å². The van der Waals surface area contributed by atoms with Crippen molar-refractivity contribution in [3.8, 4) is 0 Å². The fraction of sp³-hybridized carbons (Fsp3) is 0.400. The van der Waals surface area contributed by atoms with E-state index in [2.05, 4.69) is 39.7 Å². The van der Waals surface area contributed by atoms with Gasteiger partial charge in [0.25, 0.3) is 0 Å². The smallest absolute Gasteiger partial charge is 0.241 e. The van der Waals surface area contributed by atoms with Crippen LogP contribution in [-0.4, -0.2) is 36.2 Å². The zero-order chi connectivity index (χ0) is 16.8. The lowest BCUT2D eigenvalue weighted by molar-refractivity contribution is -0.121. The number of likely N-dealkylation sites (tertiary alicyclic amines) is 1. The highest BCUT2D eigenvalue weighted by atomic mass is 16.2. The van der Waals surface area contributed by atoms with Gasteiger partial charge in [0.1, 0.15) is 0 Å². The Hall–Kier alpha value is -2.20. The van der Waals surface area contributed by atoms with Gasteiger partial charge in [0.2, 0.25) is 5.91 Å². The lowest BCUT2D eigenvalue weighted by atomic mass is 10.0. The van der Waals surface area contributed by atoms with E-state index in [4.69, 9.17) is 0 Å². The summed E-state index contributed by atoms with van der Waals surface area (Å²) in [6.45, 7) is 4.99. The molecule has 0 unspecified atom stereocenters. The largest absolute Gasteiger partial charge is 0.303 e. The van der Waals surface area contributed by atoms with Crippen molar-refractivity contribution < 1.29 is 4.79 Å². The lowest BCUT2D eigenvalue weighted by Crippen LogP contribution is -2.33. The average Bonchev–Trinajstić information content (AvgIpc) is 2.65. The van der Waals surface area contributed by atoms with Crippen LogP contribution < -0.4 is 5.43 Å². The topological polar surface area (TPSA) is 44.7 Å². The number of carbonyl (C=O) groups excluding carboxylic acids is 1. The second-order valence-corrected chi connectivity index (χ2v) is 6.45. The van der Waals surface area contributed by atoms with E-state index < -0.39 is 0 Å². The SMILES string of the molecule is C/C(=N\NC(=O)CCN1CCCCC1)c1ccc2ccccc2c1. The van der Waals surface area contributed by atoms with Gasteiger partial charge in [-0.25, -0.2) is 5.43 Å². The maximum absolute atomic E-state index is 12.0. The average molecular weight is 323 g/mol. The summed E-state index contributed by atoms with van der Waals surface area (Å²) in [6.07, 6.45) is 4.33. The summed E-state index contributed by atoms with van der Waals surface area (Å²) >= 11 is 0. The molecule has 3 rings (SSSR count). The molecule has 2 aromatic carbocycles. The summed E-state index contributed by atoms with van der Waals surface area (Å²) < 4.78 is 0. The third-order valence-corrected chi connectivity index (χ3v) is 4.62. The van der Waals surface area contributed by atoms with Gasteiger partial charge in [-0.1, -0.05) is 42.8 Å². The van der Waals surface area contributed by atoms with E-state index in [0.29, 0.717) is 6.42 Å². The number of piperidine rings is 1. The molecule has 126 valence electrons. The minimum Gasteiger partial charge on any atom is -0.303 e. The minimum atomic E-state index is -0.0132. The van der Waals surface area contributed by atoms with Crippen LogP contribution in [0, 0.1) is 0 Å². The Balaban J connectivity index is 1.55. The summed E-state index contributed by atoms with van der Waals surface area (Å²) in [6, 6.07) is 14.5. The number of hydrogen-bond donors (Lipinski definition) is 1. The van der Waals surface area contributed by atoms with Gasteiger partial charge in [-0.15, -0.1) is 0 Å². The van der Waals surface area contributed by atoms with Crippen molar-refractivity contribution in [3.05, 3.63) is 48.0 Å². The molecule has 4 nitrogen and oxygen atoms in total. The van der Waals surface area contributed by atoms with E-state index in [1.807, 2.05) is 25.1 Å². The third-order valence-electron chi connectivity index (χ3n) is 4.62. The molecular weight excluding hydrogens is 298 g/mol. The van der Waals surface area contributed by atoms with Crippen LogP contribution in [0.1, 0.15) is 38.2 Å². The molecule has 1 N–H and O–H groups in total. The number of benzene rings is 2. The van der Waals surface area contributed by atoms with Crippen LogP contribution in [0.15, 0.2) is 47.6 Å². The zero-order valence-corrected chi connectivity index (χ0v) is 14.3. The van der Waals surface area contributed by atoms with Crippen molar-refractivity contribution in [1.82, 2.24) is 10.3 Å². The fourth-order valence-electron chi connectivity index (χ4n) is 3.12. The minimum absolute atomic E-state index is 0.0132. The number of hydrazone groups is 1. The molecule has 1 amide bonds. The van der Waals surface area contributed by atoms with Gasteiger partial charge in [0.15, 0.2) is 0 Å². The fourth-order valence-corrected chi connectivity index (χ4v) is 3.12. The van der Waals surface area contributed by atoms with Gasteiger partial charge in [-0.3, -0.25) is 4.79 Å². The molecule has 0 radical (unpaired) electrons. The highest BCUT2D eigenvalue weighted by molar-refractivity contribution is 6.02. The van der Waals surface area contributed by atoms with Crippen molar-refractivity contribution in [2.45, 2.75) is 32.6 Å². The summed E-state index contributed by atoms with van der Waals surface area (Å²) in [5.74, 6) is -0.0132. The molecule has 2 aromatic rings. The number of carbonyl (C=O) groups is 1. The number of rotatable bonds is 5. The molecule has 0 spiro atoms. The summed E-state index contributed by atoms with van der Waals surface area (Å²) in [4.78, 5) is 14.4. The van der Waals surface area contributed by atoms with Crippen LogP contribution in [-0.2, 0) is 4.79 Å². The van der Waals surface area contributed by atoms with Crippen LogP contribution in [0.3, 0.4) is 0 Å². The normalized spacial score (nSPS) is 16.3. The standard InChI is InChI=1S/C20H25N3O/c1-16(18-10-9-17-7-3-4-8-19(17)15-18)21-22-20(24)11-14-23-12-5-2-6-13-23/h3-4,7-10,15H,2,5-6,11-14H2,1H3,(H,22,24)/b21-16+. The predicted molar refractivity (Wildman–Crippen MR) is 99.2 cm³/mol. The maximum atomic E-state index is 12.0. The van der Waals surface area contributed by atoms with Crippen LogP contribution in [0.25, 0.3) is 10.8 Å². The Bertz CT molecular complexity index is 732. The molecule has 0 saturated carbocycles. The van der Waals surface area contributed by atoms with Crippen LogP contribution in [0.5, 0.6) is 0 Å². The molecule has 1 saturated heterocycles. The molecule has 1 aliphatic heterocycles. The molecule has 4 heteroatoms. The van der Waals surface area contributed by atoms with Crippen molar-refractivity contribution >= 4 is 22.4 Å². The first kappa shape index (κ1) is 16.7. The molecule has 0 atom stereocenters. The highest BCUT2D eigenvalue weighted by Crippen LogP contribution is 2.16. The Kier molecular flexibility index (Phi) is 5.59. The number of nitrogens with zero attached hydrogens (tertiary/aromatic N) is 2. The summed E-state index contributed by atoms with van der Waals surface area (Å²) in [7, 11) is 0. The molecular formula is C20H25N3O. The number of hydrogen-bond acceptors (Lipinski definition) is 3. The first-order valence-electron chi connectivity index (χ1n) is 8.77. The quantitative estimate of drug-likeness (QED) is 0.675. The van der Waals surface area contributed by atoms with E-state index in [1.165, 1.54) is 30.0 Å². The van der Waals surface area contributed by atoms with Crippen LogP contribution >= 0.6 is 0 Å².